The van der Waals surface area contributed by atoms with Gasteiger partial charge in [0.2, 0.25) is 0 Å². The van der Waals surface area contributed by atoms with Gasteiger partial charge in [-0.25, -0.2) is 0 Å². The number of hydrogen-bond acceptors (Lipinski definition) is 3. The second kappa shape index (κ2) is 5.07. The maximum absolute atomic E-state index is 9.37. The van der Waals surface area contributed by atoms with Crippen molar-refractivity contribution in [1.29, 1.82) is 0 Å². The molecule has 0 saturated carbocycles. The van der Waals surface area contributed by atoms with Gasteiger partial charge in [-0.3, -0.25) is 4.90 Å². The van der Waals surface area contributed by atoms with Crippen molar-refractivity contribution in [2.75, 3.05) is 38.2 Å². The third-order valence-electron chi connectivity index (χ3n) is 3.56. The molecule has 17 heavy (non-hydrogen) atoms. The number of benzene rings is 1. The summed E-state index contributed by atoms with van der Waals surface area (Å²) >= 11 is 0. The number of aryl methyl sites for hydroxylation is 2. The molecular formula is C14H22N2O. The molecule has 0 radical (unpaired) electrons. The van der Waals surface area contributed by atoms with E-state index >= 15 is 0 Å². The molecule has 0 amide bonds. The number of piperazine rings is 1. The molecule has 0 aliphatic carbocycles. The van der Waals surface area contributed by atoms with Gasteiger partial charge in [-0.05, 0) is 44.2 Å². The largest absolute Gasteiger partial charge is 0.395 e. The Hall–Kier alpha value is -1.06. The molecule has 1 heterocycles. The van der Waals surface area contributed by atoms with Crippen molar-refractivity contribution in [3.63, 3.8) is 0 Å². The summed E-state index contributed by atoms with van der Waals surface area (Å²) in [6.45, 7) is 7.47. The molecule has 0 bridgehead atoms. The van der Waals surface area contributed by atoms with Crippen molar-refractivity contribution in [3.05, 3.63) is 29.3 Å². The number of nitrogens with zero attached hydrogens (tertiary/aromatic N) is 2. The number of likely N-dealkylation sites (N-methyl/N-ethyl adjacent to an activating group) is 1. The van der Waals surface area contributed by atoms with Gasteiger partial charge in [-0.15, -0.1) is 0 Å². The van der Waals surface area contributed by atoms with Gasteiger partial charge >= 0.3 is 0 Å². The standard InChI is InChI=1S/C14H22N2O/c1-11-6-12(2)8-13(7-11)16-5-4-15(3)14(9-16)10-17/h6-8,14,17H,4-5,9-10H2,1-3H3. The molecule has 1 aromatic rings. The Balaban J connectivity index is 2.17. The molecule has 1 aliphatic heterocycles. The summed E-state index contributed by atoms with van der Waals surface area (Å²) in [6, 6.07) is 6.91. The fourth-order valence-electron chi connectivity index (χ4n) is 2.51. The fraction of sp³-hybridized carbons (Fsp3) is 0.571. The molecule has 1 aromatic carbocycles. The van der Waals surface area contributed by atoms with Crippen LogP contribution in [0.3, 0.4) is 0 Å². The lowest BCUT2D eigenvalue weighted by Crippen LogP contribution is -2.53. The first kappa shape index (κ1) is 12.4. The minimum atomic E-state index is 0.234. The average Bonchev–Trinajstić information content (AvgIpc) is 2.28. The van der Waals surface area contributed by atoms with E-state index in [1.54, 1.807) is 0 Å². The predicted molar refractivity (Wildman–Crippen MR) is 71.6 cm³/mol. The van der Waals surface area contributed by atoms with Crippen molar-refractivity contribution in [2.45, 2.75) is 19.9 Å². The summed E-state index contributed by atoms with van der Waals surface area (Å²) in [7, 11) is 2.08. The zero-order valence-corrected chi connectivity index (χ0v) is 11.0. The minimum Gasteiger partial charge on any atom is -0.395 e. The molecule has 1 unspecified atom stereocenters. The smallest absolute Gasteiger partial charge is 0.0604 e. The van der Waals surface area contributed by atoms with Crippen LogP contribution in [-0.2, 0) is 0 Å². The Kier molecular flexibility index (Phi) is 3.69. The molecule has 1 fully saturated rings. The first-order valence-electron chi connectivity index (χ1n) is 6.24. The Morgan fingerprint density at radius 2 is 1.82 bits per heavy atom. The van der Waals surface area contributed by atoms with E-state index in [1.807, 2.05) is 0 Å². The highest BCUT2D eigenvalue weighted by atomic mass is 16.3. The highest BCUT2D eigenvalue weighted by Crippen LogP contribution is 2.21. The van der Waals surface area contributed by atoms with Crippen molar-refractivity contribution >= 4 is 5.69 Å². The maximum Gasteiger partial charge on any atom is 0.0604 e. The number of anilines is 1. The summed E-state index contributed by atoms with van der Waals surface area (Å²) in [4.78, 5) is 4.61. The number of aliphatic hydroxyl groups is 1. The van der Waals surface area contributed by atoms with Gasteiger partial charge in [-0.2, -0.15) is 0 Å². The van der Waals surface area contributed by atoms with Crippen LogP contribution in [0.4, 0.5) is 5.69 Å². The van der Waals surface area contributed by atoms with Crippen LogP contribution in [-0.4, -0.2) is 49.3 Å². The molecule has 3 nitrogen and oxygen atoms in total. The SMILES string of the molecule is Cc1cc(C)cc(N2CCN(C)C(CO)C2)c1. The summed E-state index contributed by atoms with van der Waals surface area (Å²) in [5.74, 6) is 0. The quantitative estimate of drug-likeness (QED) is 0.838. The van der Waals surface area contributed by atoms with E-state index < -0.39 is 0 Å². The molecule has 94 valence electrons. The van der Waals surface area contributed by atoms with Gasteiger partial charge in [0.25, 0.3) is 0 Å². The third kappa shape index (κ3) is 2.79. The maximum atomic E-state index is 9.37. The highest BCUT2D eigenvalue weighted by Gasteiger charge is 2.23. The monoisotopic (exact) mass is 234 g/mol. The fourth-order valence-corrected chi connectivity index (χ4v) is 2.51. The van der Waals surface area contributed by atoms with Gasteiger partial charge in [-0.1, -0.05) is 6.07 Å². The number of aliphatic hydroxyl groups excluding tert-OH is 1. The summed E-state index contributed by atoms with van der Waals surface area (Å²) < 4.78 is 0. The van der Waals surface area contributed by atoms with Crippen molar-refractivity contribution in [2.24, 2.45) is 0 Å². The van der Waals surface area contributed by atoms with E-state index in [-0.39, 0.29) is 12.6 Å². The minimum absolute atomic E-state index is 0.234. The van der Waals surface area contributed by atoms with E-state index in [0.717, 1.165) is 19.6 Å². The number of hydrogen-bond donors (Lipinski definition) is 1. The van der Waals surface area contributed by atoms with E-state index in [9.17, 15) is 5.11 Å². The lowest BCUT2D eigenvalue weighted by molar-refractivity contribution is 0.135. The molecule has 1 N–H and O–H groups in total. The molecular weight excluding hydrogens is 212 g/mol. The van der Waals surface area contributed by atoms with Crippen LogP contribution < -0.4 is 4.90 Å². The molecule has 2 rings (SSSR count). The van der Waals surface area contributed by atoms with E-state index in [0.29, 0.717) is 0 Å². The normalized spacial score (nSPS) is 21.9. The van der Waals surface area contributed by atoms with E-state index in [1.165, 1.54) is 16.8 Å². The van der Waals surface area contributed by atoms with Crippen LogP contribution in [0.25, 0.3) is 0 Å². The Labute approximate surface area is 104 Å². The summed E-state index contributed by atoms with van der Waals surface area (Å²) in [5, 5.41) is 9.37. The lowest BCUT2D eigenvalue weighted by Gasteiger charge is -2.40. The molecule has 0 spiro atoms. The van der Waals surface area contributed by atoms with Gasteiger partial charge < -0.3 is 10.0 Å². The molecule has 1 saturated heterocycles. The first-order valence-corrected chi connectivity index (χ1v) is 6.24. The third-order valence-corrected chi connectivity index (χ3v) is 3.56. The van der Waals surface area contributed by atoms with Gasteiger partial charge in [0, 0.05) is 25.3 Å². The molecule has 0 aromatic heterocycles. The topological polar surface area (TPSA) is 26.7 Å². The Morgan fingerprint density at radius 1 is 1.18 bits per heavy atom. The lowest BCUT2D eigenvalue weighted by atomic mass is 10.1. The van der Waals surface area contributed by atoms with Gasteiger partial charge in [0.05, 0.1) is 12.6 Å². The van der Waals surface area contributed by atoms with Crippen LogP contribution >= 0.6 is 0 Å². The van der Waals surface area contributed by atoms with Crippen LogP contribution in [0.5, 0.6) is 0 Å². The van der Waals surface area contributed by atoms with E-state index in [2.05, 4.69) is 48.9 Å². The molecule has 3 heteroatoms. The average molecular weight is 234 g/mol. The zero-order chi connectivity index (χ0) is 12.4. The summed E-state index contributed by atoms with van der Waals surface area (Å²) in [6.07, 6.45) is 0. The molecule has 1 aliphatic rings. The Bertz CT molecular complexity index is 372. The number of rotatable bonds is 2. The van der Waals surface area contributed by atoms with Crippen molar-refractivity contribution in [3.8, 4) is 0 Å². The predicted octanol–water partition coefficient (Wildman–Crippen LogP) is 1.42. The molecule has 1 atom stereocenters. The van der Waals surface area contributed by atoms with Crippen LogP contribution in [0.1, 0.15) is 11.1 Å². The second-order valence-electron chi connectivity index (χ2n) is 5.11. The van der Waals surface area contributed by atoms with Gasteiger partial charge in [0.15, 0.2) is 0 Å². The van der Waals surface area contributed by atoms with E-state index in [4.69, 9.17) is 0 Å². The van der Waals surface area contributed by atoms with Crippen LogP contribution in [0.15, 0.2) is 18.2 Å². The Morgan fingerprint density at radius 3 is 2.41 bits per heavy atom. The zero-order valence-electron chi connectivity index (χ0n) is 11.0. The first-order chi connectivity index (χ1) is 8.10. The van der Waals surface area contributed by atoms with Crippen molar-refractivity contribution in [1.82, 2.24) is 4.90 Å². The van der Waals surface area contributed by atoms with Crippen LogP contribution in [0, 0.1) is 13.8 Å². The van der Waals surface area contributed by atoms with Crippen LogP contribution in [0.2, 0.25) is 0 Å². The second-order valence-corrected chi connectivity index (χ2v) is 5.11. The summed E-state index contributed by atoms with van der Waals surface area (Å²) in [5.41, 5.74) is 3.90. The van der Waals surface area contributed by atoms with Gasteiger partial charge in [0.1, 0.15) is 0 Å². The van der Waals surface area contributed by atoms with Crippen molar-refractivity contribution < 1.29 is 5.11 Å². The highest BCUT2D eigenvalue weighted by molar-refractivity contribution is 5.51.